The molecule has 0 heteroatoms. The second kappa shape index (κ2) is 4.67. The number of hydrogen-bond donors (Lipinski definition) is 0. The van der Waals surface area contributed by atoms with E-state index < -0.39 is 0 Å². The Morgan fingerprint density at radius 3 is 2.50 bits per heavy atom. The zero-order chi connectivity index (χ0) is 14.2. The molecule has 2 aliphatic carbocycles. The first-order chi connectivity index (χ1) is 9.54. The fraction of sp³-hybridized carbons (Fsp3) is 0.400. The molecular weight excluding hydrogens is 240 g/mol. The molecule has 0 aromatic heterocycles. The molecular formula is C20H22. The van der Waals surface area contributed by atoms with Gasteiger partial charge in [-0.25, -0.2) is 0 Å². The molecule has 1 saturated carbocycles. The minimum atomic E-state index is 0.283. The van der Waals surface area contributed by atoms with Gasteiger partial charge in [-0.1, -0.05) is 69.0 Å². The average molecular weight is 262 g/mol. The van der Waals surface area contributed by atoms with Gasteiger partial charge in [0.25, 0.3) is 0 Å². The maximum atomic E-state index is 3.40. The fourth-order valence-corrected chi connectivity index (χ4v) is 3.70. The van der Waals surface area contributed by atoms with Crippen molar-refractivity contribution in [3.8, 4) is 11.8 Å². The van der Waals surface area contributed by atoms with E-state index in [2.05, 4.69) is 69.0 Å². The van der Waals surface area contributed by atoms with Crippen molar-refractivity contribution in [2.24, 2.45) is 16.7 Å². The molecule has 2 atom stereocenters. The summed E-state index contributed by atoms with van der Waals surface area (Å²) in [5.41, 5.74) is 3.22. The van der Waals surface area contributed by atoms with E-state index in [0.29, 0.717) is 5.41 Å². The van der Waals surface area contributed by atoms with Crippen LogP contribution in [-0.2, 0) is 0 Å². The molecule has 2 bridgehead atoms. The Kier molecular flexibility index (Phi) is 3.09. The van der Waals surface area contributed by atoms with Crippen LogP contribution >= 0.6 is 0 Å². The lowest BCUT2D eigenvalue weighted by Crippen LogP contribution is -2.29. The molecule has 0 N–H and O–H groups in total. The highest BCUT2D eigenvalue weighted by molar-refractivity contribution is 5.54. The number of rotatable bonds is 1. The average Bonchev–Trinajstić information content (AvgIpc) is 2.78. The lowest BCUT2D eigenvalue weighted by Gasteiger charge is -2.35. The van der Waals surface area contributed by atoms with Gasteiger partial charge in [0.15, 0.2) is 0 Å². The van der Waals surface area contributed by atoms with Gasteiger partial charge in [0.1, 0.15) is 0 Å². The van der Waals surface area contributed by atoms with Crippen LogP contribution in [0.5, 0.6) is 0 Å². The number of allylic oxidation sites excluding steroid dienone is 3. The summed E-state index contributed by atoms with van der Waals surface area (Å²) in [4.78, 5) is 0. The molecule has 0 heterocycles. The second-order valence-electron chi connectivity index (χ2n) is 6.79. The van der Waals surface area contributed by atoms with Crippen LogP contribution in [0.3, 0.4) is 0 Å². The maximum Gasteiger partial charge on any atom is 0.00583 e. The molecule has 0 unspecified atom stereocenters. The summed E-state index contributed by atoms with van der Waals surface area (Å²) < 4.78 is 0. The third kappa shape index (κ3) is 1.93. The third-order valence-electron chi connectivity index (χ3n) is 5.63. The second-order valence-corrected chi connectivity index (χ2v) is 6.79. The monoisotopic (exact) mass is 262 g/mol. The number of benzene rings is 1. The molecule has 2 aliphatic rings. The fourth-order valence-electron chi connectivity index (χ4n) is 3.70. The summed E-state index contributed by atoms with van der Waals surface area (Å²) in [5, 5.41) is 0. The molecule has 0 radical (unpaired) electrons. The molecule has 0 amide bonds. The molecule has 3 rings (SSSR count). The van der Waals surface area contributed by atoms with Gasteiger partial charge in [0.05, 0.1) is 0 Å². The maximum absolute atomic E-state index is 3.40. The minimum absolute atomic E-state index is 0.283. The first kappa shape index (κ1) is 13.3. The van der Waals surface area contributed by atoms with Gasteiger partial charge >= 0.3 is 0 Å². The quantitative estimate of drug-likeness (QED) is 0.619. The van der Waals surface area contributed by atoms with E-state index in [9.17, 15) is 0 Å². The first-order valence-corrected chi connectivity index (χ1v) is 7.49. The lowest BCUT2D eigenvalue weighted by atomic mass is 9.67. The smallest absolute Gasteiger partial charge is 0.00583 e. The van der Waals surface area contributed by atoms with E-state index in [0.717, 1.165) is 5.92 Å². The Bertz CT molecular complexity index is 619. The Balaban J connectivity index is 1.77. The van der Waals surface area contributed by atoms with Gasteiger partial charge in [-0.3, -0.25) is 0 Å². The van der Waals surface area contributed by atoms with E-state index in [1.165, 1.54) is 24.0 Å². The van der Waals surface area contributed by atoms with Crippen LogP contribution in [0.25, 0.3) is 6.08 Å². The molecule has 1 fully saturated rings. The summed E-state index contributed by atoms with van der Waals surface area (Å²) in [6.45, 7) is 7.19. The van der Waals surface area contributed by atoms with Crippen LogP contribution in [0.4, 0.5) is 0 Å². The highest BCUT2D eigenvalue weighted by Crippen LogP contribution is 2.64. The van der Waals surface area contributed by atoms with Crippen LogP contribution in [0.15, 0.2) is 48.1 Å². The van der Waals surface area contributed by atoms with Crippen molar-refractivity contribution in [2.45, 2.75) is 33.6 Å². The first-order valence-electron chi connectivity index (χ1n) is 7.49. The Morgan fingerprint density at radius 1 is 1.15 bits per heavy atom. The van der Waals surface area contributed by atoms with Crippen molar-refractivity contribution in [3.63, 3.8) is 0 Å². The number of fused-ring (bicyclic) bond motifs is 2. The predicted octanol–water partition coefficient (Wildman–Crippen LogP) is 5.09. The van der Waals surface area contributed by atoms with Crippen molar-refractivity contribution >= 4 is 6.08 Å². The minimum Gasteiger partial charge on any atom is -0.0699 e. The summed E-state index contributed by atoms with van der Waals surface area (Å²) in [5.74, 6) is 7.35. The van der Waals surface area contributed by atoms with Crippen LogP contribution in [-0.4, -0.2) is 0 Å². The van der Waals surface area contributed by atoms with Gasteiger partial charge in [-0.05, 0) is 41.9 Å². The van der Waals surface area contributed by atoms with Gasteiger partial charge < -0.3 is 0 Å². The van der Waals surface area contributed by atoms with Crippen molar-refractivity contribution in [1.29, 1.82) is 0 Å². The van der Waals surface area contributed by atoms with Crippen LogP contribution in [0, 0.1) is 28.6 Å². The molecule has 1 aromatic rings. The normalized spacial score (nSPS) is 30.1. The van der Waals surface area contributed by atoms with E-state index in [4.69, 9.17) is 0 Å². The Labute approximate surface area is 122 Å². The Morgan fingerprint density at radius 2 is 1.90 bits per heavy atom. The van der Waals surface area contributed by atoms with Gasteiger partial charge in [0.2, 0.25) is 0 Å². The molecule has 0 saturated heterocycles. The zero-order valence-electron chi connectivity index (χ0n) is 12.6. The highest BCUT2D eigenvalue weighted by atomic mass is 14.6. The van der Waals surface area contributed by atoms with Gasteiger partial charge in [-0.15, -0.1) is 0 Å². The molecule has 0 spiro atoms. The van der Waals surface area contributed by atoms with E-state index >= 15 is 0 Å². The standard InChI is InChI=1S/C20H22/c1-19(2)17-13-14-20(19,3)18(15-17)12-8-7-11-16-9-5-4-6-10-16/h4-7,9-11,15,17H,13-14H2,1-3H3/b11-7+/t17-,20+/m1/s1. The molecule has 0 aliphatic heterocycles. The number of hydrogen-bond acceptors (Lipinski definition) is 0. The van der Waals surface area contributed by atoms with Crippen molar-refractivity contribution in [2.75, 3.05) is 0 Å². The zero-order valence-corrected chi connectivity index (χ0v) is 12.6. The van der Waals surface area contributed by atoms with Crippen molar-refractivity contribution in [1.82, 2.24) is 0 Å². The van der Waals surface area contributed by atoms with E-state index in [1.807, 2.05) is 12.1 Å². The van der Waals surface area contributed by atoms with Crippen LogP contribution < -0.4 is 0 Å². The van der Waals surface area contributed by atoms with Gasteiger partial charge in [0, 0.05) is 11.0 Å². The van der Waals surface area contributed by atoms with Crippen LogP contribution in [0.1, 0.15) is 39.2 Å². The lowest BCUT2D eigenvalue weighted by molar-refractivity contribution is 0.175. The molecule has 0 nitrogen and oxygen atoms in total. The highest BCUT2D eigenvalue weighted by Gasteiger charge is 2.56. The third-order valence-corrected chi connectivity index (χ3v) is 5.63. The predicted molar refractivity (Wildman–Crippen MR) is 85.9 cm³/mol. The topological polar surface area (TPSA) is 0 Å². The van der Waals surface area contributed by atoms with Crippen LogP contribution in [0.2, 0.25) is 0 Å². The summed E-state index contributed by atoms with van der Waals surface area (Å²) in [6, 6.07) is 10.3. The SMILES string of the molecule is CC1(C)[C@H]2C=C(C#C/C=C/c3ccccc3)[C@]1(C)CC2. The largest absolute Gasteiger partial charge is 0.0699 e. The molecule has 102 valence electrons. The van der Waals surface area contributed by atoms with Gasteiger partial charge in [-0.2, -0.15) is 0 Å². The summed E-state index contributed by atoms with van der Waals surface area (Å²) >= 11 is 0. The van der Waals surface area contributed by atoms with Crippen molar-refractivity contribution in [3.05, 3.63) is 53.6 Å². The summed E-state index contributed by atoms with van der Waals surface area (Å²) in [6.07, 6.45) is 9.09. The van der Waals surface area contributed by atoms with E-state index in [-0.39, 0.29) is 5.41 Å². The van der Waals surface area contributed by atoms with E-state index in [1.54, 1.807) is 0 Å². The van der Waals surface area contributed by atoms with Crippen molar-refractivity contribution < 1.29 is 0 Å². The Hall–Kier alpha value is -1.74. The molecule has 1 aromatic carbocycles. The summed E-state index contributed by atoms with van der Waals surface area (Å²) in [7, 11) is 0. The molecule has 20 heavy (non-hydrogen) atoms.